The Hall–Kier alpha value is -1.30. The van der Waals surface area contributed by atoms with E-state index in [9.17, 15) is 8.42 Å². The van der Waals surface area contributed by atoms with E-state index in [1.165, 1.54) is 12.3 Å². The van der Waals surface area contributed by atoms with Crippen LogP contribution < -0.4 is 4.72 Å². The Kier molecular flexibility index (Phi) is 4.22. The summed E-state index contributed by atoms with van der Waals surface area (Å²) < 4.78 is 27.3. The van der Waals surface area contributed by atoms with E-state index in [0.717, 1.165) is 0 Å². The minimum absolute atomic E-state index is 0.105. The maximum Gasteiger partial charge on any atom is 0.262 e. The molecule has 7 heteroatoms. The van der Waals surface area contributed by atoms with Gasteiger partial charge in [0.1, 0.15) is 0 Å². The monoisotopic (exact) mass is 330 g/mol. The third-order valence-electron chi connectivity index (χ3n) is 2.86. The zero-order valence-electron chi connectivity index (χ0n) is 10.8. The number of anilines is 1. The van der Waals surface area contributed by atoms with E-state index >= 15 is 0 Å². The number of aromatic nitrogens is 1. The van der Waals surface area contributed by atoms with Crippen LogP contribution in [-0.4, -0.2) is 13.4 Å². The Morgan fingerprint density at radius 2 is 1.85 bits per heavy atom. The van der Waals surface area contributed by atoms with Gasteiger partial charge in [0, 0.05) is 11.2 Å². The zero-order chi connectivity index (χ0) is 14.9. The Balaban J connectivity index is 2.50. The molecule has 0 unspecified atom stereocenters. The number of hydrogen-bond acceptors (Lipinski definition) is 3. The molecule has 2 aromatic rings. The average molecular weight is 331 g/mol. The first-order valence-corrected chi connectivity index (χ1v) is 7.96. The van der Waals surface area contributed by atoms with Crippen LogP contribution in [0.4, 0.5) is 5.69 Å². The van der Waals surface area contributed by atoms with Crippen molar-refractivity contribution in [2.75, 3.05) is 4.72 Å². The maximum absolute atomic E-state index is 12.4. The fourth-order valence-electron chi connectivity index (χ4n) is 1.72. The van der Waals surface area contributed by atoms with Gasteiger partial charge in [-0.2, -0.15) is 0 Å². The van der Waals surface area contributed by atoms with Crippen LogP contribution in [0, 0.1) is 13.8 Å². The lowest BCUT2D eigenvalue weighted by atomic mass is 10.2. The lowest BCUT2D eigenvalue weighted by Gasteiger charge is -2.13. The summed E-state index contributed by atoms with van der Waals surface area (Å²) in [6.45, 7) is 3.39. The number of halogens is 2. The maximum atomic E-state index is 12.4. The number of pyridine rings is 1. The highest BCUT2D eigenvalue weighted by Gasteiger charge is 2.20. The number of sulfonamides is 1. The second-order valence-electron chi connectivity index (χ2n) is 4.26. The van der Waals surface area contributed by atoms with Crippen molar-refractivity contribution in [1.82, 2.24) is 4.98 Å². The Morgan fingerprint density at radius 1 is 1.15 bits per heavy atom. The van der Waals surface area contributed by atoms with E-state index in [4.69, 9.17) is 23.2 Å². The van der Waals surface area contributed by atoms with E-state index in [0.29, 0.717) is 16.1 Å². The number of rotatable bonds is 3. The van der Waals surface area contributed by atoms with Crippen LogP contribution in [0.5, 0.6) is 0 Å². The van der Waals surface area contributed by atoms with Gasteiger partial charge in [0.2, 0.25) is 0 Å². The summed E-state index contributed by atoms with van der Waals surface area (Å²) >= 11 is 11.9. The standard InChI is InChI=1S/C13H12Cl2N2O2S/c1-8-6-7-16-13(15)12(8)17-20(18,19)11-5-3-4-10(14)9(11)2/h3-7,17H,1-2H3. The van der Waals surface area contributed by atoms with E-state index in [2.05, 4.69) is 9.71 Å². The highest BCUT2D eigenvalue weighted by Crippen LogP contribution is 2.28. The smallest absolute Gasteiger partial charge is 0.262 e. The minimum Gasteiger partial charge on any atom is -0.276 e. The molecule has 20 heavy (non-hydrogen) atoms. The van der Waals surface area contributed by atoms with E-state index in [1.807, 2.05) is 0 Å². The van der Waals surface area contributed by atoms with Gasteiger partial charge in [0.15, 0.2) is 5.15 Å². The zero-order valence-corrected chi connectivity index (χ0v) is 13.1. The van der Waals surface area contributed by atoms with Crippen LogP contribution in [0.3, 0.4) is 0 Å². The van der Waals surface area contributed by atoms with Gasteiger partial charge in [-0.3, -0.25) is 4.72 Å². The molecular formula is C13H12Cl2N2O2S. The van der Waals surface area contributed by atoms with E-state index < -0.39 is 10.0 Å². The topological polar surface area (TPSA) is 59.1 Å². The fraction of sp³-hybridized carbons (Fsp3) is 0.154. The lowest BCUT2D eigenvalue weighted by molar-refractivity contribution is 0.600. The molecule has 1 N–H and O–H groups in total. The second kappa shape index (κ2) is 5.60. The van der Waals surface area contributed by atoms with Crippen molar-refractivity contribution in [2.45, 2.75) is 18.7 Å². The van der Waals surface area contributed by atoms with E-state index in [1.54, 1.807) is 32.0 Å². The van der Waals surface area contributed by atoms with Crippen molar-refractivity contribution in [3.05, 3.63) is 51.8 Å². The number of hydrogen-bond donors (Lipinski definition) is 1. The molecule has 0 aliphatic heterocycles. The predicted molar refractivity (Wildman–Crippen MR) is 81.0 cm³/mol. The third kappa shape index (κ3) is 2.90. The Bertz CT molecular complexity index is 741. The van der Waals surface area contributed by atoms with Gasteiger partial charge < -0.3 is 0 Å². The molecule has 0 saturated carbocycles. The van der Waals surface area contributed by atoms with Crippen molar-refractivity contribution in [1.29, 1.82) is 0 Å². The van der Waals surface area contributed by atoms with Crippen LogP contribution in [-0.2, 0) is 10.0 Å². The van der Waals surface area contributed by atoms with Crippen LogP contribution in [0.15, 0.2) is 35.4 Å². The molecule has 4 nitrogen and oxygen atoms in total. The number of aryl methyl sites for hydroxylation is 1. The highest BCUT2D eigenvalue weighted by molar-refractivity contribution is 7.92. The van der Waals surface area contributed by atoms with Crippen molar-refractivity contribution in [2.24, 2.45) is 0 Å². The van der Waals surface area contributed by atoms with Gasteiger partial charge in [0.25, 0.3) is 10.0 Å². The number of nitrogens with zero attached hydrogens (tertiary/aromatic N) is 1. The third-order valence-corrected chi connectivity index (χ3v) is 5.05. The molecule has 0 aliphatic carbocycles. The van der Waals surface area contributed by atoms with Gasteiger partial charge in [-0.25, -0.2) is 13.4 Å². The van der Waals surface area contributed by atoms with Crippen LogP contribution in [0.25, 0.3) is 0 Å². The predicted octanol–water partition coefficient (Wildman–Crippen LogP) is 3.81. The Labute approximate surface area is 127 Å². The lowest BCUT2D eigenvalue weighted by Crippen LogP contribution is -2.15. The van der Waals surface area contributed by atoms with Gasteiger partial charge in [-0.1, -0.05) is 29.3 Å². The van der Waals surface area contributed by atoms with Crippen LogP contribution in [0.2, 0.25) is 10.2 Å². The molecule has 1 heterocycles. The molecule has 106 valence electrons. The summed E-state index contributed by atoms with van der Waals surface area (Å²) in [5, 5.41) is 0.495. The fourth-order valence-corrected chi connectivity index (χ4v) is 3.66. The molecule has 0 aliphatic rings. The molecule has 0 bridgehead atoms. The van der Waals surface area contributed by atoms with Crippen molar-refractivity contribution < 1.29 is 8.42 Å². The van der Waals surface area contributed by atoms with Crippen molar-refractivity contribution >= 4 is 38.9 Å². The van der Waals surface area contributed by atoms with E-state index in [-0.39, 0.29) is 15.7 Å². The summed E-state index contributed by atoms with van der Waals surface area (Å²) in [7, 11) is -3.77. The average Bonchev–Trinajstić information content (AvgIpc) is 2.37. The molecule has 2 rings (SSSR count). The Morgan fingerprint density at radius 3 is 2.50 bits per heavy atom. The van der Waals surface area contributed by atoms with Gasteiger partial charge in [-0.15, -0.1) is 0 Å². The van der Waals surface area contributed by atoms with Gasteiger partial charge in [-0.05, 0) is 43.2 Å². The van der Waals surface area contributed by atoms with Crippen LogP contribution in [0.1, 0.15) is 11.1 Å². The molecule has 0 atom stereocenters. The molecule has 0 amide bonds. The number of benzene rings is 1. The SMILES string of the molecule is Cc1ccnc(Cl)c1NS(=O)(=O)c1cccc(Cl)c1C. The quantitative estimate of drug-likeness (QED) is 0.870. The molecule has 1 aromatic heterocycles. The molecular weight excluding hydrogens is 319 g/mol. The molecule has 0 spiro atoms. The van der Waals surface area contributed by atoms with Gasteiger partial charge in [0.05, 0.1) is 10.6 Å². The summed E-state index contributed by atoms with van der Waals surface area (Å²) in [6.07, 6.45) is 1.51. The summed E-state index contributed by atoms with van der Waals surface area (Å²) in [6, 6.07) is 6.39. The first kappa shape index (κ1) is 15.1. The second-order valence-corrected chi connectivity index (χ2v) is 6.68. The minimum atomic E-state index is -3.77. The molecule has 0 saturated heterocycles. The normalized spacial score (nSPS) is 11.4. The summed E-state index contributed by atoms with van der Waals surface area (Å²) in [4.78, 5) is 3.99. The highest BCUT2D eigenvalue weighted by atomic mass is 35.5. The molecule has 0 fully saturated rings. The summed E-state index contributed by atoms with van der Waals surface area (Å²) in [5.41, 5.74) is 1.45. The first-order chi connectivity index (χ1) is 9.33. The molecule has 0 radical (unpaired) electrons. The number of nitrogens with one attached hydrogen (secondary N) is 1. The van der Waals surface area contributed by atoms with Crippen LogP contribution >= 0.6 is 23.2 Å². The summed E-state index contributed by atoms with van der Waals surface area (Å²) in [5.74, 6) is 0. The van der Waals surface area contributed by atoms with Gasteiger partial charge >= 0.3 is 0 Å². The van der Waals surface area contributed by atoms with Crippen molar-refractivity contribution in [3.63, 3.8) is 0 Å². The largest absolute Gasteiger partial charge is 0.276 e. The first-order valence-electron chi connectivity index (χ1n) is 5.72. The molecule has 1 aromatic carbocycles. The van der Waals surface area contributed by atoms with Crippen molar-refractivity contribution in [3.8, 4) is 0 Å².